The second-order valence-electron chi connectivity index (χ2n) is 15.6. The van der Waals surface area contributed by atoms with Crippen LogP contribution in [0.1, 0.15) is 125 Å². The molecule has 0 aliphatic heterocycles. The molecule has 0 aromatic heterocycles. The summed E-state index contributed by atoms with van der Waals surface area (Å²) in [5, 5.41) is 1.99. The van der Waals surface area contributed by atoms with E-state index in [0.29, 0.717) is 30.2 Å². The molecule has 0 atom stereocenters. The standard InChI is InChI=1S/C24H54Br2Si4/c1-19(2,3)29(20(4,5)6,21(7,8)9)27(25)28(26)30(22(10,11)12,23(13,14)15)24(16,17)18/h1-18H3/b28-27+. The summed E-state index contributed by atoms with van der Waals surface area (Å²) >= 11 is 9.37. The van der Waals surface area contributed by atoms with Crippen LogP contribution in [0.2, 0.25) is 30.2 Å². The van der Waals surface area contributed by atoms with Gasteiger partial charge in [-0.15, -0.1) is 30.6 Å². The van der Waals surface area contributed by atoms with Crippen molar-refractivity contribution in [3.05, 3.63) is 0 Å². The Hall–Kier alpha value is 1.83. The monoisotopic (exact) mass is 612 g/mol. The van der Waals surface area contributed by atoms with Crippen LogP contribution in [0.25, 0.3) is 0 Å². The van der Waals surface area contributed by atoms with Crippen molar-refractivity contribution < 1.29 is 0 Å². The Labute approximate surface area is 211 Å². The quantitative estimate of drug-likeness (QED) is 0.214. The molecule has 0 spiro atoms. The van der Waals surface area contributed by atoms with Gasteiger partial charge in [-0.2, -0.15) is 0 Å². The van der Waals surface area contributed by atoms with E-state index in [1.807, 2.05) is 0 Å². The molecule has 0 nitrogen and oxygen atoms in total. The van der Waals surface area contributed by atoms with Gasteiger partial charge < -0.3 is 0 Å². The molecule has 0 aliphatic carbocycles. The molecule has 6 heteroatoms. The molecule has 0 aliphatic rings. The number of hydrogen-bond acceptors (Lipinski definition) is 0. The van der Waals surface area contributed by atoms with Crippen LogP contribution in [0.3, 0.4) is 0 Å². The van der Waals surface area contributed by atoms with Gasteiger partial charge in [-0.05, 0) is 30.2 Å². The maximum Gasteiger partial charge on any atom is 0.0895 e. The minimum absolute atomic E-state index is 0.332. The Morgan fingerprint density at radius 2 is 0.433 bits per heavy atom. The van der Waals surface area contributed by atoms with Crippen LogP contribution in [0.15, 0.2) is 0 Å². The van der Waals surface area contributed by atoms with Crippen molar-refractivity contribution in [2.24, 2.45) is 0 Å². The highest BCUT2D eigenvalue weighted by Gasteiger charge is 2.67. The maximum absolute atomic E-state index is 4.68. The summed E-state index contributed by atoms with van der Waals surface area (Å²) in [4.78, 5) is 0. The van der Waals surface area contributed by atoms with Gasteiger partial charge in [0.15, 0.2) is 0 Å². The Kier molecular flexibility index (Phi) is 9.34. The molecular weight excluding hydrogens is 560 g/mol. The van der Waals surface area contributed by atoms with Crippen LogP contribution < -0.4 is 0 Å². The van der Waals surface area contributed by atoms with E-state index in [9.17, 15) is 0 Å². The van der Waals surface area contributed by atoms with Crippen molar-refractivity contribution in [2.75, 3.05) is 0 Å². The molecule has 0 aromatic rings. The number of rotatable bonds is 2. The first-order valence-corrected chi connectivity index (χ1v) is 26.1. The SMILES string of the molecule is CC(C)(C)[Si](/[Si](Br)=[Si](\Br)[Si](C(C)(C)C)(C(C)(C)C)C(C)(C)C)(C(C)(C)C)C(C)(C)C. The van der Waals surface area contributed by atoms with Crippen molar-refractivity contribution in [1.82, 2.24) is 0 Å². The predicted octanol–water partition coefficient (Wildman–Crippen LogP) is 10.7. The summed E-state index contributed by atoms with van der Waals surface area (Å²) in [6.07, 6.45) is 0. The molecule has 0 heterocycles. The summed E-state index contributed by atoms with van der Waals surface area (Å²) < 4.78 is 0. The van der Waals surface area contributed by atoms with Crippen LogP contribution in [0.5, 0.6) is 0 Å². The van der Waals surface area contributed by atoms with Gasteiger partial charge in [0, 0.05) is 0 Å². The van der Waals surface area contributed by atoms with Crippen LogP contribution in [0.4, 0.5) is 0 Å². The molecule has 0 saturated heterocycles. The average Bonchev–Trinajstić information content (AvgIpc) is 2.27. The largest absolute Gasteiger partial charge is 0.107 e. The lowest BCUT2D eigenvalue weighted by atomic mass is 10.2. The zero-order chi connectivity index (χ0) is 25.2. The van der Waals surface area contributed by atoms with E-state index in [1.54, 1.807) is 0 Å². The molecule has 0 unspecified atom stereocenters. The highest BCUT2D eigenvalue weighted by atomic mass is 79.9. The van der Waals surface area contributed by atoms with Crippen molar-refractivity contribution in [3.8, 4) is 0 Å². The first-order valence-electron chi connectivity index (χ1n) is 11.6. The van der Waals surface area contributed by atoms with Crippen molar-refractivity contribution in [3.63, 3.8) is 0 Å². The molecule has 0 amide bonds. The zero-order valence-electron chi connectivity index (χ0n) is 23.8. The second-order valence-corrected chi connectivity index (χ2v) is 55.9. The van der Waals surface area contributed by atoms with E-state index in [4.69, 9.17) is 0 Å². The minimum Gasteiger partial charge on any atom is -0.107 e. The lowest BCUT2D eigenvalue weighted by molar-refractivity contribution is 0.553. The van der Waals surface area contributed by atoms with Gasteiger partial charge >= 0.3 is 0 Å². The molecule has 0 aromatic carbocycles. The highest BCUT2D eigenvalue weighted by molar-refractivity contribution is 9.32. The van der Waals surface area contributed by atoms with Gasteiger partial charge in [-0.1, -0.05) is 125 Å². The fraction of sp³-hybridized carbons (Fsp3) is 1.00. The molecule has 0 rings (SSSR count). The lowest BCUT2D eigenvalue weighted by Crippen LogP contribution is -2.71. The van der Waals surface area contributed by atoms with Crippen LogP contribution in [-0.4, -0.2) is 27.2 Å². The Balaban J connectivity index is 8.11. The van der Waals surface area contributed by atoms with E-state index in [2.05, 4.69) is 155 Å². The van der Waals surface area contributed by atoms with Crippen LogP contribution in [0, 0.1) is 0 Å². The second kappa shape index (κ2) is 8.80. The van der Waals surface area contributed by atoms with Crippen LogP contribution in [-0.2, 0) is 0 Å². The van der Waals surface area contributed by atoms with Gasteiger partial charge in [0.05, 0.1) is 27.2 Å². The van der Waals surface area contributed by atoms with Gasteiger partial charge in [0.1, 0.15) is 0 Å². The van der Waals surface area contributed by atoms with Gasteiger partial charge in [-0.3, -0.25) is 0 Å². The normalized spacial score (nSPS) is 17.2. The Morgan fingerprint density at radius 3 is 0.500 bits per heavy atom. The summed E-state index contributed by atoms with van der Waals surface area (Å²) in [6, 6.07) is -1.62. The lowest BCUT2D eigenvalue weighted by Gasteiger charge is -2.63. The van der Waals surface area contributed by atoms with Gasteiger partial charge in [0.25, 0.3) is 0 Å². The van der Waals surface area contributed by atoms with Gasteiger partial charge in [-0.25, -0.2) is 0 Å². The van der Waals surface area contributed by atoms with E-state index in [1.165, 1.54) is 0 Å². The molecule has 0 bridgehead atoms. The highest BCUT2D eigenvalue weighted by Crippen LogP contribution is 2.66. The summed E-state index contributed by atoms with van der Waals surface area (Å²) in [7, 11) is -3.72. The Morgan fingerprint density at radius 1 is 0.333 bits per heavy atom. The molecule has 0 saturated carbocycles. The maximum atomic E-state index is 4.68. The molecule has 0 fully saturated rings. The van der Waals surface area contributed by atoms with E-state index >= 15 is 0 Å². The fourth-order valence-electron chi connectivity index (χ4n) is 9.05. The Bertz CT molecular complexity index is 522. The first kappa shape index (κ1) is 31.8. The van der Waals surface area contributed by atoms with Crippen molar-refractivity contribution in [2.45, 2.75) is 155 Å². The van der Waals surface area contributed by atoms with Crippen molar-refractivity contribution in [1.29, 1.82) is 0 Å². The zero-order valence-corrected chi connectivity index (χ0v) is 30.9. The summed E-state index contributed by atoms with van der Waals surface area (Å²) in [6.45, 7) is 46.2. The summed E-state index contributed by atoms with van der Waals surface area (Å²) in [5.41, 5.74) is 0. The topological polar surface area (TPSA) is 0 Å². The average molecular weight is 615 g/mol. The molecule has 0 radical (unpaired) electrons. The summed E-state index contributed by atoms with van der Waals surface area (Å²) in [5.74, 6) is 0. The molecule has 180 valence electrons. The third-order valence-corrected chi connectivity index (χ3v) is 84.1. The van der Waals surface area contributed by atoms with E-state index in [0.717, 1.165) is 0 Å². The number of halogens is 2. The third kappa shape index (κ3) is 4.80. The smallest absolute Gasteiger partial charge is 0.0895 e. The molecule has 0 N–H and O–H groups in total. The molecular formula is C24H54Br2Si4. The van der Waals surface area contributed by atoms with E-state index < -0.39 is 27.2 Å². The fourth-order valence-corrected chi connectivity index (χ4v) is 125. The molecule has 30 heavy (non-hydrogen) atoms. The third-order valence-electron chi connectivity index (χ3n) is 7.60. The van der Waals surface area contributed by atoms with Crippen LogP contribution >= 0.6 is 30.6 Å². The van der Waals surface area contributed by atoms with Crippen molar-refractivity contribution >= 4 is 57.8 Å². The van der Waals surface area contributed by atoms with Gasteiger partial charge in [0.2, 0.25) is 0 Å². The first-order chi connectivity index (χ1) is 12.6. The number of hydrogen-bond donors (Lipinski definition) is 0. The minimum atomic E-state index is -1.86. The predicted molar refractivity (Wildman–Crippen MR) is 159 cm³/mol. The van der Waals surface area contributed by atoms with E-state index in [-0.39, 0.29) is 0 Å².